The minimum atomic E-state index is 0.196. The summed E-state index contributed by atoms with van der Waals surface area (Å²) in [5.74, 6) is 0. The topological polar surface area (TPSA) is 41.3 Å². The Hall–Kier alpha value is -0.870. The van der Waals surface area contributed by atoms with Crippen LogP contribution in [-0.4, -0.2) is 40.0 Å². The van der Waals surface area contributed by atoms with Gasteiger partial charge in [-0.3, -0.25) is 9.58 Å². The zero-order chi connectivity index (χ0) is 10.6. The predicted molar refractivity (Wildman–Crippen MR) is 56.0 cm³/mol. The van der Waals surface area contributed by atoms with Gasteiger partial charge in [-0.1, -0.05) is 0 Å². The van der Waals surface area contributed by atoms with Gasteiger partial charge in [0.25, 0.3) is 0 Å². The molecule has 1 aromatic heterocycles. The molecule has 1 aromatic rings. The molecule has 0 aliphatic rings. The average molecular weight is 197 g/mol. The van der Waals surface area contributed by atoms with Crippen molar-refractivity contribution in [3.63, 3.8) is 0 Å². The molecule has 0 radical (unpaired) electrons. The lowest BCUT2D eigenvalue weighted by Crippen LogP contribution is -2.21. The molecule has 0 atom stereocenters. The molecular weight excluding hydrogens is 178 g/mol. The molecule has 0 fully saturated rings. The van der Waals surface area contributed by atoms with E-state index >= 15 is 0 Å². The standard InChI is InChI=1S/C10H19N3O/c1-9(2)13-5-4-10(11-13)8-12(3)6-7-14/h4-5,9,14H,6-8H2,1-3H3. The molecule has 0 aromatic carbocycles. The van der Waals surface area contributed by atoms with Gasteiger partial charge >= 0.3 is 0 Å². The van der Waals surface area contributed by atoms with Crippen LogP contribution < -0.4 is 0 Å². The molecule has 4 nitrogen and oxygen atoms in total. The molecule has 0 saturated heterocycles. The summed E-state index contributed by atoms with van der Waals surface area (Å²) < 4.78 is 1.95. The van der Waals surface area contributed by atoms with E-state index in [2.05, 4.69) is 18.9 Å². The highest BCUT2D eigenvalue weighted by Crippen LogP contribution is 2.05. The fraction of sp³-hybridized carbons (Fsp3) is 0.700. The first-order chi connectivity index (χ1) is 6.63. The van der Waals surface area contributed by atoms with Crippen LogP contribution in [0.5, 0.6) is 0 Å². The first kappa shape index (κ1) is 11.2. The van der Waals surface area contributed by atoms with E-state index in [0.717, 1.165) is 12.2 Å². The van der Waals surface area contributed by atoms with Crippen LogP contribution in [0, 0.1) is 0 Å². The Morgan fingerprint density at radius 2 is 2.29 bits per heavy atom. The van der Waals surface area contributed by atoms with Gasteiger partial charge in [-0.05, 0) is 27.0 Å². The molecule has 14 heavy (non-hydrogen) atoms. The van der Waals surface area contributed by atoms with Crippen LogP contribution in [0.1, 0.15) is 25.6 Å². The molecule has 1 rings (SSSR count). The molecule has 0 spiro atoms. The Bertz CT molecular complexity index is 270. The number of aliphatic hydroxyl groups excluding tert-OH is 1. The highest BCUT2D eigenvalue weighted by atomic mass is 16.3. The van der Waals surface area contributed by atoms with Crippen molar-refractivity contribution < 1.29 is 5.11 Å². The van der Waals surface area contributed by atoms with E-state index in [-0.39, 0.29) is 6.61 Å². The van der Waals surface area contributed by atoms with Gasteiger partial charge in [0.1, 0.15) is 0 Å². The van der Waals surface area contributed by atoms with E-state index in [0.29, 0.717) is 12.6 Å². The number of nitrogens with zero attached hydrogens (tertiary/aromatic N) is 3. The normalized spacial score (nSPS) is 11.6. The fourth-order valence-electron chi connectivity index (χ4n) is 1.28. The minimum absolute atomic E-state index is 0.196. The van der Waals surface area contributed by atoms with Crippen molar-refractivity contribution in [3.8, 4) is 0 Å². The smallest absolute Gasteiger partial charge is 0.0764 e. The second-order valence-corrected chi connectivity index (χ2v) is 3.84. The summed E-state index contributed by atoms with van der Waals surface area (Å²) in [6.45, 7) is 5.89. The SMILES string of the molecule is CC(C)n1ccc(CN(C)CCO)n1. The first-order valence-electron chi connectivity index (χ1n) is 4.97. The summed E-state index contributed by atoms with van der Waals surface area (Å²) >= 11 is 0. The highest BCUT2D eigenvalue weighted by molar-refractivity contribution is 4.99. The molecule has 0 bridgehead atoms. The number of rotatable bonds is 5. The molecule has 80 valence electrons. The lowest BCUT2D eigenvalue weighted by Gasteiger charge is -2.12. The van der Waals surface area contributed by atoms with E-state index in [1.54, 1.807) is 0 Å². The summed E-state index contributed by atoms with van der Waals surface area (Å²) in [4.78, 5) is 2.05. The van der Waals surface area contributed by atoms with Crippen molar-refractivity contribution in [2.45, 2.75) is 26.4 Å². The van der Waals surface area contributed by atoms with Crippen molar-refractivity contribution >= 4 is 0 Å². The van der Waals surface area contributed by atoms with Gasteiger partial charge in [-0.2, -0.15) is 5.10 Å². The maximum atomic E-state index is 8.74. The van der Waals surface area contributed by atoms with Crippen LogP contribution in [0.25, 0.3) is 0 Å². The Balaban J connectivity index is 2.51. The van der Waals surface area contributed by atoms with Crippen LogP contribution in [0.4, 0.5) is 0 Å². The van der Waals surface area contributed by atoms with E-state index in [1.807, 2.05) is 28.9 Å². The van der Waals surface area contributed by atoms with Crippen molar-refractivity contribution in [1.29, 1.82) is 0 Å². The van der Waals surface area contributed by atoms with Gasteiger partial charge in [0.2, 0.25) is 0 Å². The minimum Gasteiger partial charge on any atom is -0.395 e. The predicted octanol–water partition coefficient (Wildman–Crippen LogP) is 0.888. The van der Waals surface area contributed by atoms with Gasteiger partial charge in [-0.15, -0.1) is 0 Å². The number of aliphatic hydroxyl groups is 1. The van der Waals surface area contributed by atoms with E-state index in [4.69, 9.17) is 5.11 Å². The van der Waals surface area contributed by atoms with Crippen molar-refractivity contribution in [2.75, 3.05) is 20.2 Å². The Kier molecular flexibility index (Phi) is 4.10. The van der Waals surface area contributed by atoms with Crippen molar-refractivity contribution in [1.82, 2.24) is 14.7 Å². The summed E-state index contributed by atoms with van der Waals surface area (Å²) in [6, 6.07) is 2.43. The summed E-state index contributed by atoms with van der Waals surface area (Å²) in [5.41, 5.74) is 1.05. The number of hydrogen-bond donors (Lipinski definition) is 1. The molecule has 4 heteroatoms. The molecule has 0 aliphatic heterocycles. The quantitative estimate of drug-likeness (QED) is 0.762. The van der Waals surface area contributed by atoms with E-state index < -0.39 is 0 Å². The second-order valence-electron chi connectivity index (χ2n) is 3.84. The van der Waals surface area contributed by atoms with Crippen LogP contribution in [0.3, 0.4) is 0 Å². The molecule has 1 heterocycles. The van der Waals surface area contributed by atoms with Gasteiger partial charge in [0.15, 0.2) is 0 Å². The zero-order valence-corrected chi connectivity index (χ0v) is 9.14. The Morgan fingerprint density at radius 3 is 2.79 bits per heavy atom. The van der Waals surface area contributed by atoms with Crippen LogP contribution in [0.15, 0.2) is 12.3 Å². The third-order valence-corrected chi connectivity index (χ3v) is 2.11. The first-order valence-corrected chi connectivity index (χ1v) is 4.97. The molecule has 0 aliphatic carbocycles. The summed E-state index contributed by atoms with van der Waals surface area (Å²) in [5, 5.41) is 13.2. The Labute approximate surface area is 85.1 Å². The van der Waals surface area contributed by atoms with Gasteiger partial charge < -0.3 is 5.11 Å². The zero-order valence-electron chi connectivity index (χ0n) is 9.14. The van der Waals surface area contributed by atoms with Crippen molar-refractivity contribution in [2.24, 2.45) is 0 Å². The highest BCUT2D eigenvalue weighted by Gasteiger charge is 2.04. The maximum absolute atomic E-state index is 8.74. The Morgan fingerprint density at radius 1 is 1.57 bits per heavy atom. The summed E-state index contributed by atoms with van der Waals surface area (Å²) in [7, 11) is 1.98. The third kappa shape index (κ3) is 3.12. The number of likely N-dealkylation sites (N-methyl/N-ethyl adjacent to an activating group) is 1. The van der Waals surface area contributed by atoms with Gasteiger partial charge in [0.05, 0.1) is 12.3 Å². The van der Waals surface area contributed by atoms with Crippen LogP contribution in [0.2, 0.25) is 0 Å². The monoisotopic (exact) mass is 197 g/mol. The van der Waals surface area contributed by atoms with Crippen LogP contribution in [-0.2, 0) is 6.54 Å². The molecule has 0 amide bonds. The van der Waals surface area contributed by atoms with Gasteiger partial charge in [0, 0.05) is 25.3 Å². The lowest BCUT2D eigenvalue weighted by atomic mass is 10.4. The largest absolute Gasteiger partial charge is 0.395 e. The van der Waals surface area contributed by atoms with Crippen molar-refractivity contribution in [3.05, 3.63) is 18.0 Å². The number of hydrogen-bond acceptors (Lipinski definition) is 3. The lowest BCUT2D eigenvalue weighted by molar-refractivity contribution is 0.215. The second kappa shape index (κ2) is 5.12. The molecular formula is C10H19N3O. The molecule has 1 N–H and O–H groups in total. The maximum Gasteiger partial charge on any atom is 0.0764 e. The summed E-state index contributed by atoms with van der Waals surface area (Å²) in [6.07, 6.45) is 1.99. The third-order valence-electron chi connectivity index (χ3n) is 2.11. The van der Waals surface area contributed by atoms with E-state index in [1.165, 1.54) is 0 Å². The average Bonchev–Trinajstić information content (AvgIpc) is 2.53. The van der Waals surface area contributed by atoms with Gasteiger partial charge in [-0.25, -0.2) is 0 Å². The number of aromatic nitrogens is 2. The fourth-order valence-corrected chi connectivity index (χ4v) is 1.28. The van der Waals surface area contributed by atoms with Crippen LogP contribution >= 0.6 is 0 Å². The molecule has 0 unspecified atom stereocenters. The van der Waals surface area contributed by atoms with E-state index in [9.17, 15) is 0 Å². The molecule has 0 saturated carbocycles.